The van der Waals surface area contributed by atoms with E-state index in [1.54, 1.807) is 60.7 Å². The van der Waals surface area contributed by atoms with Crippen LogP contribution in [0.4, 0.5) is 5.69 Å². The maximum absolute atomic E-state index is 13.1. The number of oxime groups is 1. The molecule has 0 unspecified atom stereocenters. The highest BCUT2D eigenvalue weighted by molar-refractivity contribution is 6.54. The van der Waals surface area contributed by atoms with Crippen LogP contribution in [-0.2, 0) is 16.2 Å². The van der Waals surface area contributed by atoms with E-state index in [0.29, 0.717) is 21.3 Å². The van der Waals surface area contributed by atoms with E-state index in [4.69, 9.17) is 39.6 Å². The second kappa shape index (κ2) is 8.48. The van der Waals surface area contributed by atoms with Crippen LogP contribution in [0.25, 0.3) is 0 Å². The molecule has 1 heterocycles. The van der Waals surface area contributed by atoms with Gasteiger partial charge in [0.1, 0.15) is 0 Å². The number of rotatable bonds is 4. The zero-order valence-corrected chi connectivity index (χ0v) is 17.6. The summed E-state index contributed by atoms with van der Waals surface area (Å²) in [5, 5.41) is 5.04. The lowest BCUT2D eigenvalue weighted by Gasteiger charge is -2.17. The lowest BCUT2D eigenvalue weighted by atomic mass is 10.1. The molecule has 0 radical (unpaired) electrons. The number of hydrogen-bond donors (Lipinski definition) is 0. The molecule has 1 amide bonds. The van der Waals surface area contributed by atoms with Crippen molar-refractivity contribution in [2.45, 2.75) is 6.54 Å². The number of fused-ring (bicyclic) bond motifs is 1. The summed E-state index contributed by atoms with van der Waals surface area (Å²) in [5.74, 6) is -1.16. The SMILES string of the molecule is O=C(O/N=C1\C(=O)N(Cc2ccc(Cl)cc2Cl)c2ccccc21)c1ccccc1Cl. The van der Waals surface area contributed by atoms with Crippen LogP contribution in [0.2, 0.25) is 15.1 Å². The Hall–Kier alpha value is -2.86. The Kier molecular flexibility index (Phi) is 5.77. The van der Waals surface area contributed by atoms with Gasteiger partial charge in [-0.05, 0) is 35.9 Å². The number of nitrogens with zero attached hydrogens (tertiary/aromatic N) is 2. The first-order valence-corrected chi connectivity index (χ1v) is 9.98. The molecule has 0 N–H and O–H groups in total. The van der Waals surface area contributed by atoms with Crippen molar-refractivity contribution in [2.24, 2.45) is 5.16 Å². The molecule has 0 atom stereocenters. The Labute approximate surface area is 187 Å². The fourth-order valence-corrected chi connectivity index (χ4v) is 3.77. The Balaban J connectivity index is 1.64. The standard InChI is InChI=1S/C22H13Cl3N2O3/c23-14-10-9-13(18(25)11-14)12-27-19-8-4-2-6-16(19)20(21(27)28)26-30-22(29)15-5-1-3-7-17(15)24/h1-11H,12H2/b26-20-. The lowest BCUT2D eigenvalue weighted by Crippen LogP contribution is -2.30. The molecule has 5 nitrogen and oxygen atoms in total. The minimum absolute atomic E-state index is 0.0242. The Morgan fingerprint density at radius 1 is 0.933 bits per heavy atom. The number of carbonyl (C=O) groups is 2. The summed E-state index contributed by atoms with van der Waals surface area (Å²) in [6.45, 7) is 0.212. The maximum Gasteiger partial charge on any atom is 0.367 e. The van der Waals surface area contributed by atoms with Crippen LogP contribution in [0.3, 0.4) is 0 Å². The molecular formula is C22H13Cl3N2O3. The first-order chi connectivity index (χ1) is 14.5. The Morgan fingerprint density at radius 3 is 2.43 bits per heavy atom. The highest BCUT2D eigenvalue weighted by Gasteiger charge is 2.35. The minimum atomic E-state index is -0.752. The number of halogens is 3. The monoisotopic (exact) mass is 458 g/mol. The van der Waals surface area contributed by atoms with E-state index >= 15 is 0 Å². The summed E-state index contributed by atoms with van der Waals surface area (Å²) < 4.78 is 0. The van der Waals surface area contributed by atoms with Crippen molar-refractivity contribution in [1.82, 2.24) is 0 Å². The maximum atomic E-state index is 13.1. The van der Waals surface area contributed by atoms with Gasteiger partial charge in [-0.15, -0.1) is 0 Å². The lowest BCUT2D eigenvalue weighted by molar-refractivity contribution is -0.112. The second-order valence-electron chi connectivity index (χ2n) is 6.44. The van der Waals surface area contributed by atoms with E-state index in [2.05, 4.69) is 5.16 Å². The van der Waals surface area contributed by atoms with Gasteiger partial charge in [0, 0.05) is 15.6 Å². The van der Waals surface area contributed by atoms with Gasteiger partial charge in [0.2, 0.25) is 0 Å². The molecule has 1 aliphatic rings. The molecule has 0 bridgehead atoms. The quantitative estimate of drug-likeness (QED) is 0.368. The number of anilines is 1. The van der Waals surface area contributed by atoms with Crippen molar-refractivity contribution in [3.8, 4) is 0 Å². The second-order valence-corrected chi connectivity index (χ2v) is 7.69. The average molecular weight is 460 g/mol. The molecule has 8 heteroatoms. The Morgan fingerprint density at radius 2 is 1.67 bits per heavy atom. The van der Waals surface area contributed by atoms with Gasteiger partial charge in [0.05, 0.1) is 22.8 Å². The van der Waals surface area contributed by atoms with Gasteiger partial charge in [-0.25, -0.2) is 4.79 Å². The predicted molar refractivity (Wildman–Crippen MR) is 117 cm³/mol. The van der Waals surface area contributed by atoms with Gasteiger partial charge in [-0.2, -0.15) is 0 Å². The van der Waals surface area contributed by atoms with Gasteiger partial charge in [0.25, 0.3) is 5.91 Å². The van der Waals surface area contributed by atoms with E-state index in [-0.39, 0.29) is 22.8 Å². The molecule has 0 saturated heterocycles. The molecule has 0 aliphatic carbocycles. The summed E-state index contributed by atoms with van der Waals surface area (Å²) in [5.41, 5.74) is 2.10. The van der Waals surface area contributed by atoms with Crippen LogP contribution in [0.1, 0.15) is 21.5 Å². The van der Waals surface area contributed by atoms with Crippen LogP contribution >= 0.6 is 34.8 Å². The summed E-state index contributed by atoms with van der Waals surface area (Å²) in [7, 11) is 0. The third-order valence-corrected chi connectivity index (χ3v) is 5.47. The highest BCUT2D eigenvalue weighted by atomic mass is 35.5. The smallest absolute Gasteiger partial charge is 0.312 e. The van der Waals surface area contributed by atoms with Gasteiger partial charge >= 0.3 is 5.97 Å². The van der Waals surface area contributed by atoms with E-state index < -0.39 is 11.9 Å². The number of amides is 1. The fraction of sp³-hybridized carbons (Fsp3) is 0.0455. The normalized spacial score (nSPS) is 14.2. The molecule has 3 aromatic carbocycles. The first-order valence-electron chi connectivity index (χ1n) is 8.85. The zero-order valence-electron chi connectivity index (χ0n) is 15.3. The molecular weight excluding hydrogens is 447 g/mol. The van der Waals surface area contributed by atoms with Crippen molar-refractivity contribution >= 4 is 58.1 Å². The van der Waals surface area contributed by atoms with Crippen molar-refractivity contribution < 1.29 is 14.4 Å². The van der Waals surface area contributed by atoms with E-state index in [1.165, 1.54) is 11.0 Å². The van der Waals surface area contributed by atoms with Gasteiger partial charge < -0.3 is 9.74 Å². The largest absolute Gasteiger partial charge is 0.367 e. The van der Waals surface area contributed by atoms with Crippen molar-refractivity contribution in [3.63, 3.8) is 0 Å². The van der Waals surface area contributed by atoms with Gasteiger partial charge in [-0.3, -0.25) is 4.79 Å². The zero-order chi connectivity index (χ0) is 21.3. The summed E-state index contributed by atoms with van der Waals surface area (Å²) >= 11 is 18.2. The number of hydrogen-bond acceptors (Lipinski definition) is 4. The van der Waals surface area contributed by atoms with E-state index in [1.807, 2.05) is 0 Å². The molecule has 30 heavy (non-hydrogen) atoms. The predicted octanol–water partition coefficient (Wildman–Crippen LogP) is 5.75. The molecule has 0 aromatic heterocycles. The molecule has 1 aliphatic heterocycles. The molecule has 3 aromatic rings. The van der Waals surface area contributed by atoms with Crippen LogP contribution < -0.4 is 4.90 Å². The Bertz CT molecular complexity index is 1190. The number of carbonyl (C=O) groups excluding carboxylic acids is 2. The van der Waals surface area contributed by atoms with Crippen LogP contribution in [0.15, 0.2) is 71.9 Å². The number of para-hydroxylation sites is 1. The molecule has 0 fully saturated rings. The highest BCUT2D eigenvalue weighted by Crippen LogP contribution is 2.32. The van der Waals surface area contributed by atoms with Crippen molar-refractivity contribution in [2.75, 3.05) is 4.90 Å². The first kappa shape index (κ1) is 20.4. The summed E-state index contributed by atoms with van der Waals surface area (Å²) in [6, 6.07) is 18.6. The third-order valence-electron chi connectivity index (χ3n) is 4.55. The topological polar surface area (TPSA) is 59.0 Å². The van der Waals surface area contributed by atoms with Crippen molar-refractivity contribution in [3.05, 3.63) is 98.5 Å². The van der Waals surface area contributed by atoms with E-state index in [0.717, 1.165) is 5.56 Å². The minimum Gasteiger partial charge on any atom is -0.312 e. The molecule has 4 rings (SSSR count). The average Bonchev–Trinajstić information content (AvgIpc) is 2.99. The van der Waals surface area contributed by atoms with Crippen LogP contribution in [-0.4, -0.2) is 17.6 Å². The van der Waals surface area contributed by atoms with Gasteiger partial charge in [-0.1, -0.05) is 76.4 Å². The summed E-state index contributed by atoms with van der Waals surface area (Å²) in [6.07, 6.45) is 0. The van der Waals surface area contributed by atoms with Gasteiger partial charge in [0.15, 0.2) is 5.71 Å². The van der Waals surface area contributed by atoms with Crippen molar-refractivity contribution in [1.29, 1.82) is 0 Å². The van der Waals surface area contributed by atoms with E-state index in [9.17, 15) is 9.59 Å². The fourth-order valence-electron chi connectivity index (χ4n) is 3.09. The molecule has 150 valence electrons. The van der Waals surface area contributed by atoms with Crippen LogP contribution in [0.5, 0.6) is 0 Å². The molecule has 0 saturated carbocycles. The summed E-state index contributed by atoms with van der Waals surface area (Å²) in [4.78, 5) is 31.9. The number of benzene rings is 3. The molecule has 0 spiro atoms. The van der Waals surface area contributed by atoms with Crippen LogP contribution in [0, 0.1) is 0 Å². The third kappa shape index (κ3) is 3.92.